The second-order valence-corrected chi connectivity index (χ2v) is 5.84. The first kappa shape index (κ1) is 11.0. The Morgan fingerprint density at radius 2 is 2.29 bits per heavy atom. The molecule has 0 spiro atoms. The average molecular weight is 252 g/mol. The first-order valence-electron chi connectivity index (χ1n) is 5.94. The summed E-state index contributed by atoms with van der Waals surface area (Å²) in [5, 5.41) is 0.600. The molecule has 2 aliphatic rings. The molecule has 1 saturated heterocycles. The molecule has 0 bridgehead atoms. The molecule has 1 aliphatic carbocycles. The molecule has 1 aliphatic heterocycles. The molecule has 5 nitrogen and oxygen atoms in total. The molecule has 1 aromatic heterocycles. The molecule has 3 rings (SSSR count). The van der Waals surface area contributed by atoms with Crippen LogP contribution in [0.4, 0.5) is 5.13 Å². The highest BCUT2D eigenvalue weighted by Gasteiger charge is 2.35. The van der Waals surface area contributed by atoms with Crippen molar-refractivity contribution >= 4 is 22.4 Å². The SMILES string of the molecule is Nc1ncc(CN2CCN(C3CC3)C(=O)C2)s1. The zero-order chi connectivity index (χ0) is 11.8. The first-order chi connectivity index (χ1) is 8.22. The number of anilines is 1. The third kappa shape index (κ3) is 2.42. The summed E-state index contributed by atoms with van der Waals surface area (Å²) in [6, 6.07) is 0.545. The third-order valence-corrected chi connectivity index (χ3v) is 4.09. The summed E-state index contributed by atoms with van der Waals surface area (Å²) in [5.74, 6) is 0.274. The lowest BCUT2D eigenvalue weighted by Gasteiger charge is -2.34. The summed E-state index contributed by atoms with van der Waals surface area (Å²) in [6.45, 7) is 3.16. The van der Waals surface area contributed by atoms with E-state index in [0.717, 1.165) is 24.5 Å². The monoisotopic (exact) mass is 252 g/mol. The van der Waals surface area contributed by atoms with Gasteiger partial charge in [0.25, 0.3) is 0 Å². The Kier molecular flexibility index (Phi) is 2.76. The van der Waals surface area contributed by atoms with Crippen molar-refractivity contribution in [3.63, 3.8) is 0 Å². The molecule has 0 atom stereocenters. The minimum Gasteiger partial charge on any atom is -0.375 e. The summed E-state index contributed by atoms with van der Waals surface area (Å²) in [5.41, 5.74) is 5.59. The number of hydrogen-bond donors (Lipinski definition) is 1. The van der Waals surface area contributed by atoms with Gasteiger partial charge in [0.2, 0.25) is 5.91 Å². The largest absolute Gasteiger partial charge is 0.375 e. The molecular formula is C11H16N4OS. The summed E-state index contributed by atoms with van der Waals surface area (Å²) in [6.07, 6.45) is 4.19. The summed E-state index contributed by atoms with van der Waals surface area (Å²) in [7, 11) is 0. The first-order valence-corrected chi connectivity index (χ1v) is 6.76. The number of nitrogen functional groups attached to an aromatic ring is 1. The van der Waals surface area contributed by atoms with Crippen molar-refractivity contribution in [3.8, 4) is 0 Å². The van der Waals surface area contributed by atoms with Crippen LogP contribution in [0, 0.1) is 0 Å². The fraction of sp³-hybridized carbons (Fsp3) is 0.636. The van der Waals surface area contributed by atoms with E-state index in [-0.39, 0.29) is 5.91 Å². The van der Waals surface area contributed by atoms with Crippen LogP contribution in [-0.2, 0) is 11.3 Å². The van der Waals surface area contributed by atoms with Crippen LogP contribution in [0.2, 0.25) is 0 Å². The van der Waals surface area contributed by atoms with E-state index >= 15 is 0 Å². The number of thiazole rings is 1. The Balaban J connectivity index is 1.57. The zero-order valence-electron chi connectivity index (χ0n) is 9.63. The Labute approximate surface area is 104 Å². The van der Waals surface area contributed by atoms with Crippen molar-refractivity contribution in [3.05, 3.63) is 11.1 Å². The predicted octanol–water partition coefficient (Wildman–Crippen LogP) is 0.532. The number of amides is 1. The topological polar surface area (TPSA) is 62.5 Å². The van der Waals surface area contributed by atoms with E-state index in [2.05, 4.69) is 9.88 Å². The third-order valence-electron chi connectivity index (χ3n) is 3.27. The number of nitrogens with two attached hydrogens (primary N) is 1. The van der Waals surface area contributed by atoms with Gasteiger partial charge in [0.15, 0.2) is 5.13 Å². The van der Waals surface area contributed by atoms with E-state index in [9.17, 15) is 4.79 Å². The molecule has 1 amide bonds. The van der Waals surface area contributed by atoms with Crippen LogP contribution < -0.4 is 5.73 Å². The number of carbonyl (C=O) groups is 1. The lowest BCUT2D eigenvalue weighted by Crippen LogP contribution is -2.50. The predicted molar refractivity (Wildman–Crippen MR) is 66.5 cm³/mol. The fourth-order valence-corrected chi connectivity index (χ4v) is 2.99. The molecule has 0 radical (unpaired) electrons. The van der Waals surface area contributed by atoms with Crippen molar-refractivity contribution in [1.82, 2.24) is 14.8 Å². The minimum atomic E-state index is 0.274. The van der Waals surface area contributed by atoms with Gasteiger partial charge in [-0.05, 0) is 12.8 Å². The second kappa shape index (κ2) is 4.27. The van der Waals surface area contributed by atoms with E-state index in [4.69, 9.17) is 5.73 Å². The number of carbonyl (C=O) groups excluding carboxylic acids is 1. The molecule has 0 unspecified atom stereocenters. The van der Waals surface area contributed by atoms with E-state index in [1.165, 1.54) is 24.2 Å². The highest BCUT2D eigenvalue weighted by Crippen LogP contribution is 2.28. The second-order valence-electron chi connectivity index (χ2n) is 4.69. The molecule has 6 heteroatoms. The maximum atomic E-state index is 11.9. The number of nitrogens with zero attached hydrogens (tertiary/aromatic N) is 3. The van der Waals surface area contributed by atoms with Crippen LogP contribution in [0.15, 0.2) is 6.20 Å². The fourth-order valence-electron chi connectivity index (χ4n) is 2.26. The Bertz CT molecular complexity index is 429. The van der Waals surface area contributed by atoms with Crippen molar-refractivity contribution in [1.29, 1.82) is 0 Å². The summed E-state index contributed by atoms with van der Waals surface area (Å²) in [4.78, 5) is 21.3. The van der Waals surface area contributed by atoms with Crippen LogP contribution in [0.5, 0.6) is 0 Å². The number of rotatable bonds is 3. The lowest BCUT2D eigenvalue weighted by atomic mass is 10.3. The Morgan fingerprint density at radius 1 is 1.47 bits per heavy atom. The molecule has 2 N–H and O–H groups in total. The van der Waals surface area contributed by atoms with Gasteiger partial charge in [-0.1, -0.05) is 0 Å². The zero-order valence-corrected chi connectivity index (χ0v) is 10.4. The van der Waals surface area contributed by atoms with Crippen LogP contribution >= 0.6 is 11.3 Å². The minimum absolute atomic E-state index is 0.274. The Morgan fingerprint density at radius 3 is 2.88 bits per heavy atom. The standard InChI is InChI=1S/C11H16N4OS/c12-11-13-5-9(17-11)6-14-3-4-15(8-1-2-8)10(16)7-14/h5,8H,1-4,6-7H2,(H2,12,13). The van der Waals surface area contributed by atoms with Gasteiger partial charge in [-0.3, -0.25) is 9.69 Å². The van der Waals surface area contributed by atoms with Crippen LogP contribution in [-0.4, -0.2) is 46.4 Å². The maximum Gasteiger partial charge on any atom is 0.237 e. The highest BCUT2D eigenvalue weighted by atomic mass is 32.1. The molecule has 1 saturated carbocycles. The molecule has 2 heterocycles. The van der Waals surface area contributed by atoms with Gasteiger partial charge in [0, 0.05) is 36.8 Å². The van der Waals surface area contributed by atoms with Gasteiger partial charge < -0.3 is 10.6 Å². The number of aromatic nitrogens is 1. The molecule has 2 fully saturated rings. The van der Waals surface area contributed by atoms with Crippen molar-refractivity contribution in [2.75, 3.05) is 25.4 Å². The average Bonchev–Trinajstić information content (AvgIpc) is 3.04. The molecule has 0 aromatic carbocycles. The normalized spacial score (nSPS) is 22.1. The molecule has 1 aromatic rings. The van der Waals surface area contributed by atoms with Gasteiger partial charge in [-0.25, -0.2) is 4.98 Å². The van der Waals surface area contributed by atoms with Crippen LogP contribution in [0.25, 0.3) is 0 Å². The van der Waals surface area contributed by atoms with Crippen LogP contribution in [0.1, 0.15) is 17.7 Å². The van der Waals surface area contributed by atoms with Gasteiger partial charge in [0.1, 0.15) is 0 Å². The van der Waals surface area contributed by atoms with Crippen LogP contribution in [0.3, 0.4) is 0 Å². The lowest BCUT2D eigenvalue weighted by molar-refractivity contribution is -0.136. The van der Waals surface area contributed by atoms with E-state index in [0.29, 0.717) is 17.7 Å². The number of hydrogen-bond acceptors (Lipinski definition) is 5. The molecular weight excluding hydrogens is 236 g/mol. The Hall–Kier alpha value is -1.14. The van der Waals surface area contributed by atoms with Gasteiger partial charge in [-0.2, -0.15) is 0 Å². The quantitative estimate of drug-likeness (QED) is 0.852. The van der Waals surface area contributed by atoms with Gasteiger partial charge >= 0.3 is 0 Å². The summed E-state index contributed by atoms with van der Waals surface area (Å²) >= 11 is 1.50. The van der Waals surface area contributed by atoms with Gasteiger partial charge in [0.05, 0.1) is 6.54 Å². The van der Waals surface area contributed by atoms with Crippen molar-refractivity contribution in [2.24, 2.45) is 0 Å². The van der Waals surface area contributed by atoms with Crippen molar-refractivity contribution < 1.29 is 4.79 Å². The van der Waals surface area contributed by atoms with E-state index in [1.807, 2.05) is 4.90 Å². The molecule has 17 heavy (non-hydrogen) atoms. The van der Waals surface area contributed by atoms with Crippen molar-refractivity contribution in [2.45, 2.75) is 25.4 Å². The smallest absolute Gasteiger partial charge is 0.237 e. The molecule has 92 valence electrons. The summed E-state index contributed by atoms with van der Waals surface area (Å²) < 4.78 is 0. The number of piperazine rings is 1. The van der Waals surface area contributed by atoms with E-state index < -0.39 is 0 Å². The van der Waals surface area contributed by atoms with Gasteiger partial charge in [-0.15, -0.1) is 11.3 Å². The van der Waals surface area contributed by atoms with E-state index in [1.54, 1.807) is 6.20 Å². The highest BCUT2D eigenvalue weighted by molar-refractivity contribution is 7.15. The maximum absolute atomic E-state index is 11.9.